The lowest BCUT2D eigenvalue weighted by molar-refractivity contribution is -0.305. The maximum atomic E-state index is 13.3. The van der Waals surface area contributed by atoms with Crippen LogP contribution in [-0.2, 0) is 23.8 Å². The Morgan fingerprint density at radius 3 is 1.75 bits per heavy atom. The molecule has 1 saturated heterocycles. The maximum Gasteiger partial charge on any atom is 0.306 e. The van der Waals surface area contributed by atoms with Gasteiger partial charge in [0.25, 0.3) is 0 Å². The van der Waals surface area contributed by atoms with Gasteiger partial charge in [-0.3, -0.25) is 9.59 Å². The minimum Gasteiger partial charge on any atom is -0.454 e. The zero-order valence-corrected chi connectivity index (χ0v) is 40.8. The lowest BCUT2D eigenvalue weighted by Gasteiger charge is -2.41. The van der Waals surface area contributed by atoms with Crippen LogP contribution in [0.5, 0.6) is 0 Å². The summed E-state index contributed by atoms with van der Waals surface area (Å²) < 4.78 is 17.5. The average molecular weight is 916 g/mol. The third-order valence-corrected chi connectivity index (χ3v) is 11.7. The van der Waals surface area contributed by atoms with Crippen LogP contribution in [0.2, 0.25) is 0 Å². The van der Waals surface area contributed by atoms with Gasteiger partial charge in [0.05, 0.1) is 25.4 Å². The van der Waals surface area contributed by atoms with Crippen LogP contribution in [0.1, 0.15) is 194 Å². The fourth-order valence-corrected chi connectivity index (χ4v) is 7.52. The van der Waals surface area contributed by atoms with Crippen molar-refractivity contribution in [1.29, 1.82) is 0 Å². The molecule has 11 heteroatoms. The Balaban J connectivity index is 2.82. The first-order valence-electron chi connectivity index (χ1n) is 25.8. The summed E-state index contributed by atoms with van der Waals surface area (Å²) >= 11 is 0. The van der Waals surface area contributed by atoms with Crippen molar-refractivity contribution in [2.45, 2.75) is 243 Å². The molecule has 1 rings (SSSR count). The number of hydrogen-bond donors (Lipinski definition) is 6. The Labute approximate surface area is 394 Å². The number of rotatable bonds is 41. The summed E-state index contributed by atoms with van der Waals surface area (Å²) in [6.07, 6.45) is 41.0. The minimum atomic E-state index is -1.62. The first kappa shape index (κ1) is 60.1. The van der Waals surface area contributed by atoms with E-state index in [9.17, 15) is 35.1 Å². The van der Waals surface area contributed by atoms with Crippen molar-refractivity contribution >= 4 is 11.9 Å². The average Bonchev–Trinajstić information content (AvgIpc) is 3.30. The summed E-state index contributed by atoms with van der Waals surface area (Å²) in [4.78, 5) is 26.3. The molecule has 65 heavy (non-hydrogen) atoms. The third kappa shape index (κ3) is 31.7. The van der Waals surface area contributed by atoms with Gasteiger partial charge in [0.1, 0.15) is 24.4 Å². The van der Waals surface area contributed by atoms with E-state index in [1.165, 1.54) is 51.4 Å². The van der Waals surface area contributed by atoms with E-state index < -0.39 is 67.4 Å². The van der Waals surface area contributed by atoms with Crippen LogP contribution >= 0.6 is 0 Å². The second kappa shape index (κ2) is 42.5. The highest BCUT2D eigenvalue weighted by Gasteiger charge is 2.47. The van der Waals surface area contributed by atoms with Gasteiger partial charge in [-0.15, -0.1) is 0 Å². The fraction of sp³-hybridized carbons (Fsp3) is 0.741. The molecule has 1 heterocycles. The van der Waals surface area contributed by atoms with E-state index in [4.69, 9.17) is 14.2 Å². The fourth-order valence-electron chi connectivity index (χ4n) is 7.52. The molecule has 374 valence electrons. The Hall–Kier alpha value is -2.90. The van der Waals surface area contributed by atoms with Gasteiger partial charge in [-0.2, -0.15) is 0 Å². The summed E-state index contributed by atoms with van der Waals surface area (Å²) in [6, 6.07) is -1.04. The molecular formula is C54H93NO10. The molecule has 0 spiro atoms. The minimum absolute atomic E-state index is 0.107. The number of amides is 1. The predicted octanol–water partition coefficient (Wildman–Crippen LogP) is 10.5. The van der Waals surface area contributed by atoms with E-state index in [0.717, 1.165) is 96.3 Å². The van der Waals surface area contributed by atoms with Crippen molar-refractivity contribution in [1.82, 2.24) is 5.32 Å². The van der Waals surface area contributed by atoms with Crippen molar-refractivity contribution in [2.24, 2.45) is 0 Å². The van der Waals surface area contributed by atoms with Crippen LogP contribution in [0, 0.1) is 0 Å². The van der Waals surface area contributed by atoms with Crippen LogP contribution < -0.4 is 5.32 Å². The zero-order chi connectivity index (χ0) is 47.6. The zero-order valence-electron chi connectivity index (χ0n) is 40.8. The molecule has 1 fully saturated rings. The van der Waals surface area contributed by atoms with E-state index in [1.54, 1.807) is 6.08 Å². The molecule has 1 aliphatic heterocycles. The van der Waals surface area contributed by atoms with E-state index in [-0.39, 0.29) is 19.4 Å². The summed E-state index contributed by atoms with van der Waals surface area (Å²) in [5.74, 6) is -1.24. The summed E-state index contributed by atoms with van der Waals surface area (Å²) in [5.41, 5.74) is 0. The molecule has 8 unspecified atom stereocenters. The van der Waals surface area contributed by atoms with Crippen LogP contribution in [0.25, 0.3) is 0 Å². The summed E-state index contributed by atoms with van der Waals surface area (Å²) in [6.45, 7) is 5.53. The topological polar surface area (TPSA) is 175 Å². The normalized spacial score (nSPS) is 20.9. The van der Waals surface area contributed by atoms with Crippen LogP contribution in [0.15, 0.2) is 72.9 Å². The second-order valence-electron chi connectivity index (χ2n) is 17.6. The number of hydrogen-bond acceptors (Lipinski definition) is 10. The summed E-state index contributed by atoms with van der Waals surface area (Å²) in [7, 11) is 0. The first-order chi connectivity index (χ1) is 31.7. The second-order valence-corrected chi connectivity index (χ2v) is 17.6. The SMILES string of the molecule is CC/C=C/C=C/C=C/C=C\CCCCCCC(O)C(=O)NC(COC1OC(CO)C(O)C(O)C1OC(=O)CCCCCCC/C=C\CCCC)C(O)/C=C/CCCCCCCCCCC. The highest BCUT2D eigenvalue weighted by atomic mass is 16.7. The van der Waals surface area contributed by atoms with Crippen LogP contribution in [-0.4, -0.2) is 99.6 Å². The molecule has 1 aliphatic rings. The Bertz CT molecular complexity index is 1330. The number of esters is 1. The van der Waals surface area contributed by atoms with Gasteiger partial charge in [-0.1, -0.05) is 196 Å². The third-order valence-electron chi connectivity index (χ3n) is 11.7. The van der Waals surface area contributed by atoms with Gasteiger partial charge in [0.15, 0.2) is 12.4 Å². The highest BCUT2D eigenvalue weighted by molar-refractivity contribution is 5.80. The van der Waals surface area contributed by atoms with E-state index in [0.29, 0.717) is 12.8 Å². The van der Waals surface area contributed by atoms with Gasteiger partial charge in [0.2, 0.25) is 5.91 Å². The number of nitrogens with one attached hydrogen (secondary N) is 1. The molecule has 1 amide bonds. The molecule has 0 saturated carbocycles. The number of aliphatic hydroxyl groups is 5. The molecule has 0 aliphatic carbocycles. The molecule has 11 nitrogen and oxygen atoms in total. The molecule has 0 radical (unpaired) electrons. The molecule has 0 aromatic carbocycles. The van der Waals surface area contributed by atoms with Crippen LogP contribution in [0.3, 0.4) is 0 Å². The standard InChI is InChI=1S/C54H93NO10/c1-4-7-10-13-16-19-22-23-24-27-29-32-35-38-41-47(58)53(62)55-45(46(57)40-37-34-31-28-25-20-17-14-11-8-5-2)44-63-54-52(51(61)50(60)48(43-56)64-54)65-49(59)42-39-36-33-30-26-21-18-15-12-9-6-3/h7,10,13,15-16,18-19,22-24,37,40,45-48,50-52,54,56-58,60-61H,4-6,8-9,11-12,14,17,20-21,25-36,38-39,41-44H2,1-3H3,(H,55,62)/b10-7+,16-13+,18-15-,22-19+,24-23-,40-37+. The summed E-state index contributed by atoms with van der Waals surface area (Å²) in [5, 5.41) is 56.5. The predicted molar refractivity (Wildman–Crippen MR) is 264 cm³/mol. The Kier molecular flexibility index (Phi) is 39.3. The van der Waals surface area contributed by atoms with Crippen molar-refractivity contribution in [3.05, 3.63) is 72.9 Å². The number of carbonyl (C=O) groups is 2. The first-order valence-corrected chi connectivity index (χ1v) is 25.8. The molecule has 0 aromatic heterocycles. The van der Waals surface area contributed by atoms with Gasteiger partial charge < -0.3 is 45.1 Å². The number of allylic oxidation sites excluding steroid dienone is 11. The molecule has 6 N–H and O–H groups in total. The smallest absolute Gasteiger partial charge is 0.306 e. The van der Waals surface area contributed by atoms with E-state index in [2.05, 4.69) is 50.4 Å². The Morgan fingerprint density at radius 2 is 1.14 bits per heavy atom. The quantitative estimate of drug-likeness (QED) is 0.0150. The number of unbranched alkanes of at least 4 members (excludes halogenated alkanes) is 20. The molecular weight excluding hydrogens is 823 g/mol. The van der Waals surface area contributed by atoms with Crippen molar-refractivity contribution in [2.75, 3.05) is 13.2 Å². The van der Waals surface area contributed by atoms with Crippen molar-refractivity contribution in [3.8, 4) is 0 Å². The van der Waals surface area contributed by atoms with Crippen molar-refractivity contribution in [3.63, 3.8) is 0 Å². The largest absolute Gasteiger partial charge is 0.454 e. The number of carbonyl (C=O) groups excluding carboxylic acids is 2. The highest BCUT2D eigenvalue weighted by Crippen LogP contribution is 2.26. The van der Waals surface area contributed by atoms with E-state index >= 15 is 0 Å². The molecule has 0 aromatic rings. The maximum absolute atomic E-state index is 13.3. The molecule has 8 atom stereocenters. The number of ether oxygens (including phenoxy) is 3. The molecule has 0 bridgehead atoms. The van der Waals surface area contributed by atoms with Crippen LogP contribution in [0.4, 0.5) is 0 Å². The Morgan fingerprint density at radius 1 is 0.615 bits per heavy atom. The lowest BCUT2D eigenvalue weighted by Crippen LogP contribution is -2.61. The number of aliphatic hydroxyl groups excluding tert-OH is 5. The van der Waals surface area contributed by atoms with Gasteiger partial charge in [0, 0.05) is 6.42 Å². The van der Waals surface area contributed by atoms with Gasteiger partial charge in [-0.25, -0.2) is 0 Å². The van der Waals surface area contributed by atoms with Gasteiger partial charge in [-0.05, 0) is 64.2 Å². The lowest BCUT2D eigenvalue weighted by atomic mass is 9.99. The van der Waals surface area contributed by atoms with Gasteiger partial charge >= 0.3 is 5.97 Å². The van der Waals surface area contributed by atoms with Crippen molar-refractivity contribution < 1.29 is 49.3 Å². The monoisotopic (exact) mass is 916 g/mol. The van der Waals surface area contributed by atoms with E-state index in [1.807, 2.05) is 42.5 Å².